The van der Waals surface area contributed by atoms with E-state index in [2.05, 4.69) is 9.72 Å². The van der Waals surface area contributed by atoms with E-state index in [9.17, 15) is 18.0 Å². The Morgan fingerprint density at radius 2 is 2.19 bits per heavy atom. The molecule has 8 heteroatoms. The first-order chi connectivity index (χ1) is 7.37. The fourth-order valence-electron chi connectivity index (χ4n) is 0.909. The summed E-state index contributed by atoms with van der Waals surface area (Å²) in [5, 5.41) is 0. The SMILES string of the molecule is O=Cc1nc(I)c(CCl)cc1OC(F)(F)F. The van der Waals surface area contributed by atoms with Gasteiger partial charge in [0.2, 0.25) is 0 Å². The van der Waals surface area contributed by atoms with Crippen LogP contribution in [0.3, 0.4) is 0 Å². The van der Waals surface area contributed by atoms with Crippen LogP contribution in [-0.2, 0) is 5.88 Å². The number of halogens is 5. The van der Waals surface area contributed by atoms with E-state index in [0.29, 0.717) is 9.26 Å². The third-order valence-electron chi connectivity index (χ3n) is 1.52. The molecule has 0 aliphatic heterocycles. The number of hydrogen-bond acceptors (Lipinski definition) is 3. The number of carbonyl (C=O) groups excluding carboxylic acids is 1. The molecule has 0 aliphatic rings. The number of aromatic nitrogens is 1. The maximum atomic E-state index is 12.0. The predicted molar refractivity (Wildman–Crippen MR) is 58.6 cm³/mol. The van der Waals surface area contributed by atoms with E-state index < -0.39 is 17.8 Å². The van der Waals surface area contributed by atoms with Crippen LogP contribution in [0.25, 0.3) is 0 Å². The standard InChI is InChI=1S/C8H4ClF3INO2/c9-2-4-1-6(16-8(10,11)12)5(3-15)14-7(4)13/h1,3H,2H2. The second-order valence-electron chi connectivity index (χ2n) is 2.62. The largest absolute Gasteiger partial charge is 0.573 e. The van der Waals surface area contributed by atoms with Crippen LogP contribution < -0.4 is 4.74 Å². The number of rotatable bonds is 3. The van der Waals surface area contributed by atoms with Crippen LogP contribution in [0, 0.1) is 3.70 Å². The second-order valence-corrected chi connectivity index (χ2v) is 3.91. The molecule has 0 N–H and O–H groups in total. The predicted octanol–water partition coefficient (Wildman–Crippen LogP) is 3.14. The number of carbonyl (C=O) groups is 1. The normalized spacial score (nSPS) is 11.3. The molecule has 1 aromatic heterocycles. The zero-order valence-electron chi connectivity index (χ0n) is 7.52. The summed E-state index contributed by atoms with van der Waals surface area (Å²) in [7, 11) is 0. The minimum atomic E-state index is -4.87. The maximum absolute atomic E-state index is 12.0. The Morgan fingerprint density at radius 1 is 1.56 bits per heavy atom. The zero-order valence-corrected chi connectivity index (χ0v) is 10.4. The highest BCUT2D eigenvalue weighted by molar-refractivity contribution is 14.1. The highest BCUT2D eigenvalue weighted by atomic mass is 127. The van der Waals surface area contributed by atoms with E-state index in [-0.39, 0.29) is 12.2 Å². The Bertz CT molecular complexity index is 411. The summed E-state index contributed by atoms with van der Waals surface area (Å²) in [6.07, 6.45) is -4.67. The molecule has 0 unspecified atom stereocenters. The van der Waals surface area contributed by atoms with Crippen LogP contribution in [0.1, 0.15) is 16.1 Å². The Hall–Kier alpha value is -0.570. The minimum Gasteiger partial charge on any atom is -0.403 e. The van der Waals surface area contributed by atoms with Crippen molar-refractivity contribution in [2.45, 2.75) is 12.2 Å². The fourth-order valence-corrected chi connectivity index (χ4v) is 1.94. The van der Waals surface area contributed by atoms with Gasteiger partial charge in [0.05, 0.1) is 5.88 Å². The molecule has 0 aliphatic carbocycles. The molecule has 0 spiro atoms. The van der Waals surface area contributed by atoms with Gasteiger partial charge in [-0.1, -0.05) is 0 Å². The summed E-state index contributed by atoms with van der Waals surface area (Å²) < 4.78 is 40.0. The summed E-state index contributed by atoms with van der Waals surface area (Å²) in [5.74, 6) is -0.655. The Morgan fingerprint density at radius 3 is 2.62 bits per heavy atom. The smallest absolute Gasteiger partial charge is 0.403 e. The van der Waals surface area contributed by atoms with Gasteiger partial charge in [-0.2, -0.15) is 0 Å². The molecule has 0 bridgehead atoms. The molecule has 1 heterocycles. The summed E-state index contributed by atoms with van der Waals surface area (Å²) in [6.45, 7) is 0. The lowest BCUT2D eigenvalue weighted by Crippen LogP contribution is -2.19. The summed E-state index contributed by atoms with van der Waals surface area (Å²) in [4.78, 5) is 14.2. The number of aldehydes is 1. The molecule has 0 saturated carbocycles. The van der Waals surface area contributed by atoms with Crippen molar-refractivity contribution in [1.82, 2.24) is 4.98 Å². The molecule has 0 amide bonds. The zero-order chi connectivity index (χ0) is 12.3. The van der Waals surface area contributed by atoms with Gasteiger partial charge in [-0.25, -0.2) is 4.98 Å². The van der Waals surface area contributed by atoms with Gasteiger partial charge < -0.3 is 4.74 Å². The van der Waals surface area contributed by atoms with Gasteiger partial charge in [0.15, 0.2) is 12.0 Å². The van der Waals surface area contributed by atoms with Crippen molar-refractivity contribution in [1.29, 1.82) is 0 Å². The lowest BCUT2D eigenvalue weighted by Gasteiger charge is -2.11. The average Bonchev–Trinajstić information content (AvgIpc) is 2.18. The first kappa shape index (κ1) is 13.5. The molecule has 0 atom stereocenters. The van der Waals surface area contributed by atoms with E-state index in [0.717, 1.165) is 6.07 Å². The van der Waals surface area contributed by atoms with E-state index in [1.807, 2.05) is 0 Å². The Kier molecular flexibility index (Phi) is 4.36. The van der Waals surface area contributed by atoms with Gasteiger partial charge in [-0.05, 0) is 28.7 Å². The molecule has 1 rings (SSSR count). The molecule has 0 fully saturated rings. The molecular formula is C8H4ClF3INO2. The van der Waals surface area contributed by atoms with Crippen LogP contribution in [0.5, 0.6) is 5.75 Å². The van der Waals surface area contributed by atoms with Crippen LogP contribution in [0.4, 0.5) is 13.2 Å². The van der Waals surface area contributed by atoms with E-state index in [4.69, 9.17) is 11.6 Å². The number of nitrogens with zero attached hydrogens (tertiary/aromatic N) is 1. The van der Waals surface area contributed by atoms with Crippen molar-refractivity contribution in [2.24, 2.45) is 0 Å². The topological polar surface area (TPSA) is 39.2 Å². The third kappa shape index (κ3) is 3.48. The number of ether oxygens (including phenoxy) is 1. The molecule has 0 aromatic carbocycles. The summed E-state index contributed by atoms with van der Waals surface area (Å²) >= 11 is 7.27. The molecule has 1 aromatic rings. The highest BCUT2D eigenvalue weighted by Crippen LogP contribution is 2.27. The monoisotopic (exact) mass is 365 g/mol. The number of hydrogen-bond donors (Lipinski definition) is 0. The summed E-state index contributed by atoms with van der Waals surface area (Å²) in [6, 6.07) is 1.05. The first-order valence-corrected chi connectivity index (χ1v) is 5.45. The van der Waals surface area contributed by atoms with Gasteiger partial charge in [-0.15, -0.1) is 24.8 Å². The number of alkyl halides is 4. The van der Waals surface area contributed by atoms with Gasteiger partial charge in [0.25, 0.3) is 0 Å². The third-order valence-corrected chi connectivity index (χ3v) is 2.74. The van der Waals surface area contributed by atoms with Crippen LogP contribution in [0.15, 0.2) is 6.07 Å². The average molecular weight is 365 g/mol. The quantitative estimate of drug-likeness (QED) is 0.358. The Labute approximate surface area is 107 Å². The lowest BCUT2D eigenvalue weighted by atomic mass is 10.2. The molecule has 16 heavy (non-hydrogen) atoms. The van der Waals surface area contributed by atoms with Crippen LogP contribution in [0.2, 0.25) is 0 Å². The summed E-state index contributed by atoms with van der Waals surface area (Å²) in [5.41, 5.74) is -0.0392. The first-order valence-electron chi connectivity index (χ1n) is 3.83. The molecule has 88 valence electrons. The molecule has 0 radical (unpaired) electrons. The fraction of sp³-hybridized carbons (Fsp3) is 0.250. The van der Waals surface area contributed by atoms with Crippen molar-refractivity contribution in [2.75, 3.05) is 0 Å². The van der Waals surface area contributed by atoms with Crippen molar-refractivity contribution in [3.63, 3.8) is 0 Å². The second kappa shape index (κ2) is 5.17. The van der Waals surface area contributed by atoms with Crippen molar-refractivity contribution in [3.8, 4) is 5.75 Å². The molecule has 3 nitrogen and oxygen atoms in total. The van der Waals surface area contributed by atoms with Gasteiger partial charge in [-0.3, -0.25) is 4.79 Å². The highest BCUT2D eigenvalue weighted by Gasteiger charge is 2.32. The van der Waals surface area contributed by atoms with Crippen LogP contribution in [-0.4, -0.2) is 17.6 Å². The minimum absolute atomic E-state index is 0.0153. The van der Waals surface area contributed by atoms with Gasteiger partial charge in [0, 0.05) is 5.56 Å². The lowest BCUT2D eigenvalue weighted by molar-refractivity contribution is -0.274. The number of pyridine rings is 1. The Balaban J connectivity index is 3.20. The van der Waals surface area contributed by atoms with E-state index >= 15 is 0 Å². The molecule has 0 saturated heterocycles. The van der Waals surface area contributed by atoms with E-state index in [1.54, 1.807) is 22.6 Å². The van der Waals surface area contributed by atoms with E-state index in [1.165, 1.54) is 0 Å². The van der Waals surface area contributed by atoms with Crippen LogP contribution >= 0.6 is 34.2 Å². The van der Waals surface area contributed by atoms with Crippen molar-refractivity contribution >= 4 is 40.5 Å². The maximum Gasteiger partial charge on any atom is 0.573 e. The van der Waals surface area contributed by atoms with Crippen molar-refractivity contribution < 1.29 is 22.7 Å². The molecular weight excluding hydrogens is 361 g/mol. The van der Waals surface area contributed by atoms with Gasteiger partial charge >= 0.3 is 6.36 Å². The van der Waals surface area contributed by atoms with Gasteiger partial charge in [0.1, 0.15) is 9.39 Å². The van der Waals surface area contributed by atoms with Crippen molar-refractivity contribution in [3.05, 3.63) is 21.0 Å².